The molecule has 0 aliphatic carbocycles. The first kappa shape index (κ1) is 17.4. The second-order valence-corrected chi connectivity index (χ2v) is 6.98. The average molecular weight is 383 g/mol. The summed E-state index contributed by atoms with van der Waals surface area (Å²) in [5.74, 6) is 2.44. The van der Waals surface area contributed by atoms with Crippen molar-refractivity contribution in [2.75, 3.05) is 31.6 Å². The predicted octanol–water partition coefficient (Wildman–Crippen LogP) is 1.80. The van der Waals surface area contributed by atoms with E-state index in [1.807, 2.05) is 18.2 Å². The lowest BCUT2D eigenvalue weighted by atomic mass is 10.3. The molecule has 2 aliphatic rings. The van der Waals surface area contributed by atoms with Crippen molar-refractivity contribution < 1.29 is 18.4 Å². The van der Waals surface area contributed by atoms with E-state index in [1.54, 1.807) is 24.6 Å². The summed E-state index contributed by atoms with van der Waals surface area (Å²) < 4.78 is 22.9. The van der Waals surface area contributed by atoms with Gasteiger partial charge in [0, 0.05) is 19.3 Å². The van der Waals surface area contributed by atoms with Gasteiger partial charge in [0.2, 0.25) is 11.7 Å². The summed E-state index contributed by atoms with van der Waals surface area (Å²) in [6, 6.07) is 9.47. The minimum absolute atomic E-state index is 0.0306. The molecule has 146 valence electrons. The Hall–Kier alpha value is -2.75. The lowest BCUT2D eigenvalue weighted by molar-refractivity contribution is -0.00461. The normalized spacial score (nSPS) is 23.4. The molecule has 5 heterocycles. The molecular weight excluding hydrogens is 362 g/mol. The third kappa shape index (κ3) is 3.77. The van der Waals surface area contributed by atoms with Gasteiger partial charge >= 0.3 is 0 Å². The molecule has 3 aromatic heterocycles. The molecule has 0 unspecified atom stereocenters. The van der Waals surface area contributed by atoms with Crippen molar-refractivity contribution in [3.8, 4) is 11.6 Å². The van der Waals surface area contributed by atoms with Crippen molar-refractivity contribution in [3.63, 3.8) is 0 Å². The van der Waals surface area contributed by atoms with Crippen LogP contribution in [0.1, 0.15) is 5.89 Å². The molecule has 5 rings (SSSR count). The maximum Gasteiger partial charge on any atom is 0.241 e. The summed E-state index contributed by atoms with van der Waals surface area (Å²) >= 11 is 0. The van der Waals surface area contributed by atoms with E-state index >= 15 is 0 Å². The summed E-state index contributed by atoms with van der Waals surface area (Å²) in [6.45, 7) is 3.24. The Bertz CT molecular complexity index is 869. The first-order valence-electron chi connectivity index (χ1n) is 9.33. The summed E-state index contributed by atoms with van der Waals surface area (Å²) in [6.07, 6.45) is 3.41. The Labute approximate surface area is 161 Å². The zero-order valence-corrected chi connectivity index (χ0v) is 15.2. The summed E-state index contributed by atoms with van der Waals surface area (Å²) in [5, 5.41) is 7.33. The number of hydrogen-bond donors (Lipinski definition) is 1. The van der Waals surface area contributed by atoms with Crippen LogP contribution in [0.25, 0.3) is 11.6 Å². The van der Waals surface area contributed by atoms with Gasteiger partial charge in [0.1, 0.15) is 5.82 Å². The van der Waals surface area contributed by atoms with Gasteiger partial charge in [-0.2, -0.15) is 4.98 Å². The lowest BCUT2D eigenvalue weighted by Gasteiger charge is -2.18. The number of hydrogen-bond acceptors (Lipinski definition) is 9. The molecule has 9 heteroatoms. The fraction of sp³-hybridized carbons (Fsp3) is 0.421. The molecule has 2 fully saturated rings. The van der Waals surface area contributed by atoms with E-state index in [0.29, 0.717) is 37.2 Å². The van der Waals surface area contributed by atoms with Crippen molar-refractivity contribution in [2.45, 2.75) is 24.8 Å². The van der Waals surface area contributed by atoms with E-state index in [2.05, 4.69) is 25.3 Å². The van der Waals surface area contributed by atoms with Gasteiger partial charge in [0.15, 0.2) is 5.76 Å². The largest absolute Gasteiger partial charge is 0.461 e. The fourth-order valence-electron chi connectivity index (χ4n) is 3.55. The number of ether oxygens (including phenoxy) is 2. The second-order valence-electron chi connectivity index (χ2n) is 6.98. The van der Waals surface area contributed by atoms with Crippen LogP contribution < -0.4 is 5.32 Å². The number of furan rings is 1. The Morgan fingerprint density at radius 3 is 2.64 bits per heavy atom. The van der Waals surface area contributed by atoms with Crippen LogP contribution in [0.3, 0.4) is 0 Å². The van der Waals surface area contributed by atoms with Crippen LogP contribution >= 0.6 is 0 Å². The van der Waals surface area contributed by atoms with Gasteiger partial charge in [-0.15, -0.1) is 0 Å². The van der Waals surface area contributed by atoms with Crippen LogP contribution in [0.15, 0.2) is 51.7 Å². The van der Waals surface area contributed by atoms with Crippen LogP contribution in [0.2, 0.25) is 0 Å². The number of fused-ring (bicyclic) bond motifs is 1. The van der Waals surface area contributed by atoms with Crippen molar-refractivity contribution in [2.24, 2.45) is 0 Å². The van der Waals surface area contributed by atoms with Crippen LogP contribution in [-0.2, 0) is 16.0 Å². The molecular formula is C19H21N5O4. The first-order chi connectivity index (χ1) is 13.8. The second kappa shape index (κ2) is 7.70. The van der Waals surface area contributed by atoms with E-state index in [9.17, 15) is 0 Å². The van der Waals surface area contributed by atoms with E-state index in [0.717, 1.165) is 18.9 Å². The molecule has 0 amide bonds. The Morgan fingerprint density at radius 1 is 1.07 bits per heavy atom. The number of rotatable bonds is 5. The molecule has 2 atom stereocenters. The summed E-state index contributed by atoms with van der Waals surface area (Å²) in [7, 11) is 0. The Morgan fingerprint density at radius 2 is 1.93 bits per heavy atom. The maximum absolute atomic E-state index is 6.11. The molecule has 0 bridgehead atoms. The zero-order valence-electron chi connectivity index (χ0n) is 15.2. The SMILES string of the molecule is c1ccc(NC2CO[C@H]3CN(Cc4nc(-c5ccco5)no4)C[C@@H]3OC2)nc1. The number of pyridine rings is 1. The highest BCUT2D eigenvalue weighted by Gasteiger charge is 2.38. The highest BCUT2D eigenvalue weighted by Crippen LogP contribution is 2.23. The Balaban J connectivity index is 1.15. The van der Waals surface area contributed by atoms with Gasteiger partial charge < -0.3 is 23.7 Å². The van der Waals surface area contributed by atoms with Crippen molar-refractivity contribution in [3.05, 3.63) is 48.7 Å². The molecule has 9 nitrogen and oxygen atoms in total. The molecule has 0 aromatic carbocycles. The fourth-order valence-corrected chi connectivity index (χ4v) is 3.55. The smallest absolute Gasteiger partial charge is 0.241 e. The summed E-state index contributed by atoms with van der Waals surface area (Å²) in [4.78, 5) is 10.9. The molecule has 1 N–H and O–H groups in total. The third-order valence-electron chi connectivity index (χ3n) is 4.90. The standard InChI is InChI=1S/C19H21N5O4/c1-2-6-20-17(5-1)21-13-11-26-15-8-24(9-16(15)27-12-13)10-18-22-19(23-28-18)14-4-3-7-25-14/h1-7,13,15-16H,8-12H2,(H,20,21)/t15-,16-/m0/s1. The van der Waals surface area contributed by atoms with Gasteiger partial charge in [0.25, 0.3) is 0 Å². The van der Waals surface area contributed by atoms with Crippen molar-refractivity contribution in [1.82, 2.24) is 20.0 Å². The highest BCUT2D eigenvalue weighted by molar-refractivity contribution is 5.44. The average Bonchev–Trinajstić information content (AvgIpc) is 3.45. The summed E-state index contributed by atoms with van der Waals surface area (Å²) in [5.41, 5.74) is 0. The number of anilines is 1. The number of nitrogens with zero attached hydrogens (tertiary/aromatic N) is 4. The van der Waals surface area contributed by atoms with E-state index < -0.39 is 0 Å². The number of nitrogens with one attached hydrogen (secondary N) is 1. The minimum Gasteiger partial charge on any atom is -0.461 e. The highest BCUT2D eigenvalue weighted by atomic mass is 16.6. The van der Waals surface area contributed by atoms with Crippen LogP contribution in [0, 0.1) is 0 Å². The van der Waals surface area contributed by atoms with Gasteiger partial charge in [-0.25, -0.2) is 4.98 Å². The molecule has 28 heavy (non-hydrogen) atoms. The predicted molar refractivity (Wildman–Crippen MR) is 98.4 cm³/mol. The molecule has 0 spiro atoms. The van der Waals surface area contributed by atoms with Crippen LogP contribution in [-0.4, -0.2) is 64.6 Å². The van der Waals surface area contributed by atoms with Crippen LogP contribution in [0.4, 0.5) is 5.82 Å². The van der Waals surface area contributed by atoms with Crippen LogP contribution in [0.5, 0.6) is 0 Å². The van der Waals surface area contributed by atoms with Crippen molar-refractivity contribution in [1.29, 1.82) is 0 Å². The minimum atomic E-state index is 0.0306. The van der Waals surface area contributed by atoms with E-state index in [1.165, 1.54) is 0 Å². The number of likely N-dealkylation sites (tertiary alicyclic amines) is 1. The molecule has 0 radical (unpaired) electrons. The van der Waals surface area contributed by atoms with E-state index in [4.69, 9.17) is 18.4 Å². The molecule has 2 saturated heterocycles. The third-order valence-corrected chi connectivity index (χ3v) is 4.90. The topological polar surface area (TPSA) is 98.7 Å². The van der Waals surface area contributed by atoms with Gasteiger partial charge in [-0.05, 0) is 24.3 Å². The Kier molecular flexibility index (Phi) is 4.78. The maximum atomic E-state index is 6.11. The van der Waals surface area contributed by atoms with E-state index in [-0.39, 0.29) is 18.2 Å². The van der Waals surface area contributed by atoms with Gasteiger partial charge in [-0.1, -0.05) is 11.2 Å². The zero-order chi connectivity index (χ0) is 18.8. The van der Waals surface area contributed by atoms with Crippen molar-refractivity contribution >= 4 is 5.82 Å². The first-order valence-corrected chi connectivity index (χ1v) is 9.33. The van der Waals surface area contributed by atoms with Gasteiger partial charge in [0.05, 0.1) is 44.3 Å². The van der Waals surface area contributed by atoms with Gasteiger partial charge in [-0.3, -0.25) is 4.90 Å². The molecule has 3 aromatic rings. The quantitative estimate of drug-likeness (QED) is 0.707. The molecule has 2 aliphatic heterocycles. The number of aromatic nitrogens is 3. The monoisotopic (exact) mass is 383 g/mol. The molecule has 0 saturated carbocycles. The lowest BCUT2D eigenvalue weighted by Crippen LogP contribution is -2.31.